The Morgan fingerprint density at radius 2 is 2.33 bits per heavy atom. The molecule has 12 heavy (non-hydrogen) atoms. The average molecular weight is 226 g/mol. The van der Waals surface area contributed by atoms with Crippen molar-refractivity contribution in [2.45, 2.75) is 25.8 Å². The van der Waals surface area contributed by atoms with Crippen molar-refractivity contribution in [1.82, 2.24) is 0 Å². The Kier molecular flexibility index (Phi) is 2.09. The van der Waals surface area contributed by atoms with Gasteiger partial charge in [0.05, 0.1) is 0 Å². The van der Waals surface area contributed by atoms with E-state index < -0.39 is 0 Å². The summed E-state index contributed by atoms with van der Waals surface area (Å²) in [4.78, 5) is 0. The minimum absolute atomic E-state index is 0.624. The molecule has 0 fully saturated rings. The molecule has 1 N–H and O–H groups in total. The van der Waals surface area contributed by atoms with Gasteiger partial charge < -0.3 is 5.32 Å². The van der Waals surface area contributed by atoms with Crippen LogP contribution in [0.2, 0.25) is 0 Å². The van der Waals surface area contributed by atoms with Crippen LogP contribution in [0.5, 0.6) is 0 Å². The predicted molar refractivity (Wildman–Crippen MR) is 55.5 cm³/mol. The third-order valence-corrected chi connectivity index (χ3v) is 2.81. The third kappa shape index (κ3) is 1.48. The van der Waals surface area contributed by atoms with Crippen LogP contribution in [-0.4, -0.2) is 6.04 Å². The maximum atomic E-state index is 3.48. The zero-order valence-electron chi connectivity index (χ0n) is 7.10. The molecule has 1 aromatic rings. The number of fused-ring (bicyclic) bond motifs is 1. The number of rotatable bonds is 0. The lowest BCUT2D eigenvalue weighted by Gasteiger charge is -2.24. The van der Waals surface area contributed by atoms with Crippen molar-refractivity contribution in [3.05, 3.63) is 28.2 Å². The number of benzene rings is 1. The fourth-order valence-corrected chi connectivity index (χ4v) is 2.03. The highest BCUT2D eigenvalue weighted by atomic mass is 79.9. The number of nitrogens with one attached hydrogen (secondary N) is 1. The fourth-order valence-electron chi connectivity index (χ4n) is 1.62. The normalized spacial score (nSPS) is 21.3. The SMILES string of the molecule is CC1CCc2cc(Br)ccc2N1. The highest BCUT2D eigenvalue weighted by molar-refractivity contribution is 9.10. The second kappa shape index (κ2) is 3.09. The van der Waals surface area contributed by atoms with E-state index in [0.29, 0.717) is 6.04 Å². The summed E-state index contributed by atoms with van der Waals surface area (Å²) >= 11 is 3.48. The first-order chi connectivity index (χ1) is 5.75. The molecule has 1 aliphatic rings. The highest BCUT2D eigenvalue weighted by Crippen LogP contribution is 2.27. The monoisotopic (exact) mass is 225 g/mol. The number of anilines is 1. The Morgan fingerprint density at radius 3 is 3.17 bits per heavy atom. The van der Waals surface area contributed by atoms with Gasteiger partial charge in [-0.05, 0) is 43.5 Å². The molecule has 0 aliphatic carbocycles. The van der Waals surface area contributed by atoms with Crippen molar-refractivity contribution >= 4 is 21.6 Å². The molecule has 1 aromatic carbocycles. The van der Waals surface area contributed by atoms with Gasteiger partial charge in [-0.1, -0.05) is 15.9 Å². The van der Waals surface area contributed by atoms with Gasteiger partial charge in [0.2, 0.25) is 0 Å². The molecule has 1 atom stereocenters. The van der Waals surface area contributed by atoms with E-state index in [2.05, 4.69) is 46.4 Å². The van der Waals surface area contributed by atoms with E-state index in [4.69, 9.17) is 0 Å². The summed E-state index contributed by atoms with van der Waals surface area (Å²) in [6.07, 6.45) is 2.44. The predicted octanol–water partition coefficient (Wildman–Crippen LogP) is 3.20. The molecule has 1 nitrogen and oxygen atoms in total. The molecule has 1 heterocycles. The third-order valence-electron chi connectivity index (χ3n) is 2.32. The topological polar surface area (TPSA) is 12.0 Å². The summed E-state index contributed by atoms with van der Waals surface area (Å²) in [5.41, 5.74) is 2.74. The van der Waals surface area contributed by atoms with Crippen molar-refractivity contribution in [2.75, 3.05) is 5.32 Å². The van der Waals surface area contributed by atoms with Gasteiger partial charge in [0.1, 0.15) is 0 Å². The van der Waals surface area contributed by atoms with Gasteiger partial charge >= 0.3 is 0 Å². The molecule has 2 heteroatoms. The van der Waals surface area contributed by atoms with Crippen LogP contribution in [0.15, 0.2) is 22.7 Å². The molecule has 0 radical (unpaired) electrons. The smallest absolute Gasteiger partial charge is 0.0375 e. The van der Waals surface area contributed by atoms with Crippen LogP contribution in [0, 0.1) is 0 Å². The number of aryl methyl sites for hydroxylation is 1. The molecule has 1 unspecified atom stereocenters. The highest BCUT2D eigenvalue weighted by Gasteiger charge is 2.13. The van der Waals surface area contributed by atoms with Crippen molar-refractivity contribution in [3.63, 3.8) is 0 Å². The van der Waals surface area contributed by atoms with Crippen LogP contribution >= 0.6 is 15.9 Å². The Labute approximate surface area is 81.3 Å². The number of hydrogen-bond donors (Lipinski definition) is 1. The standard InChI is InChI=1S/C10H12BrN/c1-7-2-3-8-6-9(11)4-5-10(8)12-7/h4-7,12H,2-3H2,1H3. The molecule has 0 saturated carbocycles. The lowest BCUT2D eigenvalue weighted by Crippen LogP contribution is -2.21. The van der Waals surface area contributed by atoms with Crippen LogP contribution in [0.4, 0.5) is 5.69 Å². The molecule has 0 saturated heterocycles. The lowest BCUT2D eigenvalue weighted by atomic mass is 9.99. The van der Waals surface area contributed by atoms with E-state index >= 15 is 0 Å². The summed E-state index contributed by atoms with van der Waals surface area (Å²) in [5.74, 6) is 0. The van der Waals surface area contributed by atoms with Gasteiger partial charge in [0, 0.05) is 16.2 Å². The number of hydrogen-bond acceptors (Lipinski definition) is 1. The summed E-state index contributed by atoms with van der Waals surface area (Å²) in [6.45, 7) is 2.23. The van der Waals surface area contributed by atoms with Gasteiger partial charge in [-0.25, -0.2) is 0 Å². The van der Waals surface area contributed by atoms with E-state index in [9.17, 15) is 0 Å². The van der Waals surface area contributed by atoms with E-state index in [1.165, 1.54) is 28.6 Å². The Balaban J connectivity index is 2.37. The minimum atomic E-state index is 0.624. The van der Waals surface area contributed by atoms with Crippen LogP contribution in [0.1, 0.15) is 18.9 Å². The maximum Gasteiger partial charge on any atom is 0.0375 e. The zero-order chi connectivity index (χ0) is 8.55. The molecular weight excluding hydrogens is 214 g/mol. The second-order valence-electron chi connectivity index (χ2n) is 3.39. The number of halogens is 1. The van der Waals surface area contributed by atoms with Crippen LogP contribution < -0.4 is 5.32 Å². The van der Waals surface area contributed by atoms with E-state index in [1.54, 1.807) is 0 Å². The summed E-state index contributed by atoms with van der Waals surface area (Å²) in [5, 5.41) is 3.47. The molecule has 0 bridgehead atoms. The summed E-state index contributed by atoms with van der Waals surface area (Å²) < 4.78 is 1.18. The lowest BCUT2D eigenvalue weighted by molar-refractivity contribution is 0.681. The maximum absolute atomic E-state index is 3.48. The van der Waals surface area contributed by atoms with Gasteiger partial charge in [-0.2, -0.15) is 0 Å². The van der Waals surface area contributed by atoms with Crippen molar-refractivity contribution in [2.24, 2.45) is 0 Å². The van der Waals surface area contributed by atoms with E-state index in [0.717, 1.165) is 0 Å². The van der Waals surface area contributed by atoms with Gasteiger partial charge in [-0.3, -0.25) is 0 Å². The quantitative estimate of drug-likeness (QED) is 0.716. The first kappa shape index (κ1) is 8.11. The first-order valence-corrected chi connectivity index (χ1v) is 5.10. The Bertz CT molecular complexity index is 296. The van der Waals surface area contributed by atoms with Crippen LogP contribution in [0.25, 0.3) is 0 Å². The molecule has 0 amide bonds. The Hall–Kier alpha value is -0.500. The summed E-state index contributed by atoms with van der Waals surface area (Å²) in [6, 6.07) is 7.06. The zero-order valence-corrected chi connectivity index (χ0v) is 8.69. The largest absolute Gasteiger partial charge is 0.382 e. The minimum Gasteiger partial charge on any atom is -0.382 e. The van der Waals surface area contributed by atoms with Crippen LogP contribution in [-0.2, 0) is 6.42 Å². The fraction of sp³-hybridized carbons (Fsp3) is 0.400. The van der Waals surface area contributed by atoms with E-state index in [-0.39, 0.29) is 0 Å². The van der Waals surface area contributed by atoms with Crippen molar-refractivity contribution < 1.29 is 0 Å². The Morgan fingerprint density at radius 1 is 1.50 bits per heavy atom. The summed E-state index contributed by atoms with van der Waals surface area (Å²) in [7, 11) is 0. The molecule has 64 valence electrons. The van der Waals surface area contributed by atoms with E-state index in [1.807, 2.05) is 0 Å². The average Bonchev–Trinajstić information content (AvgIpc) is 2.05. The van der Waals surface area contributed by atoms with Gasteiger partial charge in [0.15, 0.2) is 0 Å². The van der Waals surface area contributed by atoms with Crippen molar-refractivity contribution in [3.8, 4) is 0 Å². The molecule has 2 rings (SSSR count). The van der Waals surface area contributed by atoms with Crippen LogP contribution in [0.3, 0.4) is 0 Å². The van der Waals surface area contributed by atoms with Crippen molar-refractivity contribution in [1.29, 1.82) is 0 Å². The molecular formula is C10H12BrN. The molecule has 0 spiro atoms. The first-order valence-electron chi connectivity index (χ1n) is 4.30. The van der Waals surface area contributed by atoms with Gasteiger partial charge in [-0.15, -0.1) is 0 Å². The van der Waals surface area contributed by atoms with Gasteiger partial charge in [0.25, 0.3) is 0 Å². The molecule has 0 aromatic heterocycles. The second-order valence-corrected chi connectivity index (χ2v) is 4.30. The molecule has 1 aliphatic heterocycles.